The lowest BCUT2D eigenvalue weighted by molar-refractivity contribution is -0.116. The Morgan fingerprint density at radius 1 is 0.895 bits per heavy atom. The average Bonchev–Trinajstić information content (AvgIpc) is 2.77. The van der Waals surface area contributed by atoms with Gasteiger partial charge >= 0.3 is 0 Å². The van der Waals surface area contributed by atoms with Gasteiger partial charge in [0.25, 0.3) is 0 Å². The molecule has 0 saturated heterocycles. The Labute approximate surface area is 111 Å². The third-order valence-electron chi connectivity index (χ3n) is 3.51. The van der Waals surface area contributed by atoms with Crippen molar-refractivity contribution in [3.05, 3.63) is 77.6 Å². The van der Waals surface area contributed by atoms with Crippen molar-refractivity contribution in [3.8, 4) is 0 Å². The molecule has 19 heavy (non-hydrogen) atoms. The largest absolute Gasteiger partial charge is 0.292 e. The van der Waals surface area contributed by atoms with Crippen molar-refractivity contribution in [1.29, 1.82) is 0 Å². The molecule has 1 nitrogen and oxygen atoms in total. The van der Waals surface area contributed by atoms with E-state index in [9.17, 15) is 9.18 Å². The molecule has 2 aromatic rings. The van der Waals surface area contributed by atoms with Crippen LogP contribution in [0, 0.1) is 0 Å². The number of carbonyl (C=O) groups excluding carboxylic acids is 1. The molecule has 0 fully saturated rings. The number of benzene rings is 2. The fraction of sp³-hybridized carbons (Fsp3) is 0.118. The van der Waals surface area contributed by atoms with Crippen LogP contribution in [-0.4, -0.2) is 5.78 Å². The second kappa shape index (κ2) is 4.81. The van der Waals surface area contributed by atoms with Gasteiger partial charge in [-0.05, 0) is 11.1 Å². The Kier molecular flexibility index (Phi) is 3.00. The van der Waals surface area contributed by atoms with E-state index in [-0.39, 0.29) is 12.3 Å². The zero-order valence-electron chi connectivity index (χ0n) is 10.3. The van der Waals surface area contributed by atoms with Crippen LogP contribution < -0.4 is 0 Å². The third kappa shape index (κ3) is 2.10. The van der Waals surface area contributed by atoms with E-state index < -0.39 is 11.6 Å². The zero-order valence-corrected chi connectivity index (χ0v) is 10.3. The minimum Gasteiger partial charge on any atom is -0.292 e. The number of rotatable bonds is 2. The summed E-state index contributed by atoms with van der Waals surface area (Å²) in [4.78, 5) is 11.7. The second-order valence-corrected chi connectivity index (χ2v) is 4.68. The molecule has 0 heterocycles. The van der Waals surface area contributed by atoms with Crippen molar-refractivity contribution < 1.29 is 9.18 Å². The van der Waals surface area contributed by atoms with Crippen LogP contribution in [0.15, 0.2) is 66.5 Å². The highest BCUT2D eigenvalue weighted by molar-refractivity contribution is 6.07. The van der Waals surface area contributed by atoms with Crippen LogP contribution in [0.1, 0.15) is 23.5 Å². The van der Waals surface area contributed by atoms with Crippen LogP contribution in [0.3, 0.4) is 0 Å². The molecule has 0 bridgehead atoms. The Balaban J connectivity index is 2.10. The fourth-order valence-electron chi connectivity index (χ4n) is 2.60. The Morgan fingerprint density at radius 2 is 1.47 bits per heavy atom. The number of allylic oxidation sites excluding steroid dienone is 2. The highest BCUT2D eigenvalue weighted by atomic mass is 19.1. The van der Waals surface area contributed by atoms with Crippen molar-refractivity contribution in [2.24, 2.45) is 0 Å². The van der Waals surface area contributed by atoms with Crippen LogP contribution in [-0.2, 0) is 4.79 Å². The number of hydrogen-bond donors (Lipinski definition) is 0. The van der Waals surface area contributed by atoms with Crippen LogP contribution in [0.5, 0.6) is 0 Å². The first-order chi connectivity index (χ1) is 9.27. The maximum absolute atomic E-state index is 14.1. The van der Waals surface area contributed by atoms with Gasteiger partial charge in [-0.1, -0.05) is 60.7 Å². The molecule has 0 aliphatic heterocycles. The molecule has 0 aromatic heterocycles. The number of ketones is 1. The van der Waals surface area contributed by atoms with E-state index in [0.717, 1.165) is 11.1 Å². The summed E-state index contributed by atoms with van der Waals surface area (Å²) in [6.45, 7) is 0. The van der Waals surface area contributed by atoms with Gasteiger partial charge in [0.2, 0.25) is 0 Å². The van der Waals surface area contributed by atoms with Crippen LogP contribution >= 0.6 is 0 Å². The molecule has 0 N–H and O–H groups in total. The molecule has 3 rings (SSSR count). The number of hydrogen-bond acceptors (Lipinski definition) is 1. The SMILES string of the molecule is O=C1CC(c2ccccc2)C(c2ccccc2)=C1F. The summed E-state index contributed by atoms with van der Waals surface area (Å²) in [7, 11) is 0. The summed E-state index contributed by atoms with van der Waals surface area (Å²) < 4.78 is 14.1. The standard InChI is InChI=1S/C17H13FO/c18-17-15(19)11-14(12-7-3-1-4-8-12)16(17)13-9-5-2-6-10-13/h1-10,14H,11H2. The maximum Gasteiger partial charge on any atom is 0.192 e. The fourth-order valence-corrected chi connectivity index (χ4v) is 2.60. The molecule has 94 valence electrons. The molecule has 2 heteroatoms. The monoisotopic (exact) mass is 252 g/mol. The van der Waals surface area contributed by atoms with Crippen molar-refractivity contribution in [2.75, 3.05) is 0 Å². The highest BCUT2D eigenvalue weighted by Crippen LogP contribution is 2.43. The van der Waals surface area contributed by atoms with Gasteiger partial charge < -0.3 is 0 Å². The summed E-state index contributed by atoms with van der Waals surface area (Å²) in [6, 6.07) is 18.9. The van der Waals surface area contributed by atoms with Gasteiger partial charge in [0.05, 0.1) is 0 Å². The smallest absolute Gasteiger partial charge is 0.192 e. The Bertz CT molecular complexity index is 629. The van der Waals surface area contributed by atoms with Gasteiger partial charge in [0, 0.05) is 17.9 Å². The molecule has 0 saturated carbocycles. The van der Waals surface area contributed by atoms with Crippen molar-refractivity contribution in [1.82, 2.24) is 0 Å². The van der Waals surface area contributed by atoms with Gasteiger partial charge in [0.15, 0.2) is 11.6 Å². The van der Waals surface area contributed by atoms with Gasteiger partial charge in [-0.15, -0.1) is 0 Å². The van der Waals surface area contributed by atoms with E-state index in [1.807, 2.05) is 60.7 Å². The van der Waals surface area contributed by atoms with Crippen LogP contribution in [0.4, 0.5) is 4.39 Å². The summed E-state index contributed by atoms with van der Waals surface area (Å²) >= 11 is 0. The lowest BCUT2D eigenvalue weighted by atomic mass is 9.88. The van der Waals surface area contributed by atoms with Crippen LogP contribution in [0.2, 0.25) is 0 Å². The number of carbonyl (C=O) groups is 1. The lowest BCUT2D eigenvalue weighted by Gasteiger charge is -2.14. The quantitative estimate of drug-likeness (QED) is 0.785. The molecule has 1 aliphatic carbocycles. The number of Topliss-reactive ketones (excluding diaryl/α,β-unsaturated/α-hetero) is 1. The minimum absolute atomic E-state index is 0.170. The van der Waals surface area contributed by atoms with Crippen molar-refractivity contribution in [3.63, 3.8) is 0 Å². The summed E-state index contributed by atoms with van der Waals surface area (Å²) in [5, 5.41) is 0. The maximum atomic E-state index is 14.1. The van der Waals surface area contributed by atoms with E-state index in [1.54, 1.807) is 0 Å². The normalized spacial score (nSPS) is 19.0. The van der Waals surface area contributed by atoms with Gasteiger partial charge in [0.1, 0.15) is 0 Å². The molecule has 0 spiro atoms. The molecule has 1 unspecified atom stereocenters. The summed E-state index contributed by atoms with van der Waals surface area (Å²) in [5.74, 6) is -1.15. The molecule has 1 atom stereocenters. The molecule has 1 aliphatic rings. The van der Waals surface area contributed by atoms with E-state index in [1.165, 1.54) is 0 Å². The zero-order chi connectivity index (χ0) is 13.2. The molecule has 0 radical (unpaired) electrons. The van der Waals surface area contributed by atoms with Crippen molar-refractivity contribution in [2.45, 2.75) is 12.3 Å². The minimum atomic E-state index is -0.583. The van der Waals surface area contributed by atoms with E-state index in [4.69, 9.17) is 0 Å². The molecule has 2 aromatic carbocycles. The first kappa shape index (κ1) is 11.8. The third-order valence-corrected chi connectivity index (χ3v) is 3.51. The predicted octanol–water partition coefficient (Wildman–Crippen LogP) is 4.12. The van der Waals surface area contributed by atoms with Crippen LogP contribution in [0.25, 0.3) is 5.57 Å². The number of halogens is 1. The van der Waals surface area contributed by atoms with E-state index >= 15 is 0 Å². The van der Waals surface area contributed by atoms with Crippen molar-refractivity contribution >= 4 is 11.4 Å². The van der Waals surface area contributed by atoms with Gasteiger partial charge in [-0.25, -0.2) is 4.39 Å². The summed E-state index contributed by atoms with van der Waals surface area (Å²) in [6.07, 6.45) is 0.222. The van der Waals surface area contributed by atoms with E-state index in [0.29, 0.717) is 5.57 Å². The van der Waals surface area contributed by atoms with Gasteiger partial charge in [-0.3, -0.25) is 4.79 Å². The predicted molar refractivity (Wildman–Crippen MR) is 73.3 cm³/mol. The Hall–Kier alpha value is -2.22. The molecule has 0 amide bonds. The topological polar surface area (TPSA) is 17.1 Å². The second-order valence-electron chi connectivity index (χ2n) is 4.68. The van der Waals surface area contributed by atoms with Gasteiger partial charge in [-0.2, -0.15) is 0 Å². The lowest BCUT2D eigenvalue weighted by Crippen LogP contribution is -1.99. The Morgan fingerprint density at radius 3 is 2.11 bits per heavy atom. The first-order valence-corrected chi connectivity index (χ1v) is 6.30. The van der Waals surface area contributed by atoms with E-state index in [2.05, 4.69) is 0 Å². The molecular weight excluding hydrogens is 239 g/mol. The highest BCUT2D eigenvalue weighted by Gasteiger charge is 2.34. The first-order valence-electron chi connectivity index (χ1n) is 6.30. The molecular formula is C17H13FO. The average molecular weight is 252 g/mol. The summed E-state index contributed by atoms with van der Waals surface area (Å²) in [5.41, 5.74) is 2.30.